The molecule has 1 aromatic carbocycles. The molecule has 0 aliphatic carbocycles. The number of ether oxygens (including phenoxy) is 1. The molecule has 0 bridgehead atoms. The van der Waals surface area contributed by atoms with Gasteiger partial charge in [0.15, 0.2) is 0 Å². The minimum atomic E-state index is 0.00989. The fourth-order valence-corrected chi connectivity index (χ4v) is 3.11. The van der Waals surface area contributed by atoms with Crippen LogP contribution in [0.4, 0.5) is 0 Å². The van der Waals surface area contributed by atoms with Gasteiger partial charge in [-0.15, -0.1) is 11.3 Å². The lowest BCUT2D eigenvalue weighted by Crippen LogP contribution is -2.33. The van der Waals surface area contributed by atoms with E-state index in [4.69, 9.17) is 4.74 Å². The molecule has 0 spiro atoms. The van der Waals surface area contributed by atoms with Gasteiger partial charge in [0.25, 0.3) is 0 Å². The Labute approximate surface area is 148 Å². The lowest BCUT2D eigenvalue weighted by molar-refractivity contribution is -0.134. The number of hydrogen-bond acceptors (Lipinski definition) is 4. The second-order valence-corrected chi connectivity index (χ2v) is 7.17. The van der Waals surface area contributed by atoms with Gasteiger partial charge in [0.2, 0.25) is 5.91 Å². The minimum Gasteiger partial charge on any atom is -0.486 e. The summed E-state index contributed by atoms with van der Waals surface area (Å²) in [6, 6.07) is 6.06. The van der Waals surface area contributed by atoms with E-state index in [1.165, 1.54) is 5.56 Å². The largest absolute Gasteiger partial charge is 0.486 e. The van der Waals surface area contributed by atoms with Crippen molar-refractivity contribution in [2.75, 3.05) is 6.54 Å². The number of thiazole rings is 1. The Morgan fingerprint density at radius 3 is 2.75 bits per heavy atom. The second kappa shape index (κ2) is 8.29. The van der Waals surface area contributed by atoms with Crippen molar-refractivity contribution >= 4 is 17.2 Å². The number of benzene rings is 1. The Bertz CT molecular complexity index is 694. The molecular formula is C19H26N2O2S. The van der Waals surface area contributed by atoms with E-state index in [0.29, 0.717) is 19.7 Å². The van der Waals surface area contributed by atoms with Crippen LogP contribution in [-0.4, -0.2) is 22.3 Å². The second-order valence-electron chi connectivity index (χ2n) is 6.23. The average Bonchev–Trinajstić information content (AvgIpc) is 3.00. The summed E-state index contributed by atoms with van der Waals surface area (Å²) in [5.41, 5.74) is 3.31. The van der Waals surface area contributed by atoms with Gasteiger partial charge in [0.05, 0.1) is 12.2 Å². The molecule has 2 rings (SSSR count). The maximum absolute atomic E-state index is 12.1. The van der Waals surface area contributed by atoms with Crippen molar-refractivity contribution in [1.29, 1.82) is 0 Å². The van der Waals surface area contributed by atoms with Crippen LogP contribution in [0.25, 0.3) is 0 Å². The maximum atomic E-state index is 12.1. The third kappa shape index (κ3) is 4.57. The normalized spacial score (nSPS) is 10.9. The SMILES string of the molecule is CCN(Cc1csc(COc2cccc(C)c2C)n1)C(=O)C(C)C. The van der Waals surface area contributed by atoms with Gasteiger partial charge in [-0.25, -0.2) is 4.98 Å². The van der Waals surface area contributed by atoms with Crippen LogP contribution in [0.5, 0.6) is 5.75 Å². The topological polar surface area (TPSA) is 42.4 Å². The maximum Gasteiger partial charge on any atom is 0.225 e. The zero-order valence-electron chi connectivity index (χ0n) is 15.1. The van der Waals surface area contributed by atoms with Crippen molar-refractivity contribution in [2.45, 2.75) is 47.8 Å². The van der Waals surface area contributed by atoms with Gasteiger partial charge in [-0.1, -0.05) is 26.0 Å². The highest BCUT2D eigenvalue weighted by molar-refractivity contribution is 7.09. The zero-order valence-corrected chi connectivity index (χ0v) is 15.9. The predicted octanol–water partition coefficient (Wildman–Crippen LogP) is 4.34. The smallest absolute Gasteiger partial charge is 0.225 e. The average molecular weight is 346 g/mol. The van der Waals surface area contributed by atoms with Crippen molar-refractivity contribution in [2.24, 2.45) is 5.92 Å². The third-order valence-electron chi connectivity index (χ3n) is 4.05. The van der Waals surface area contributed by atoms with Crippen LogP contribution >= 0.6 is 11.3 Å². The van der Waals surface area contributed by atoms with Crippen LogP contribution < -0.4 is 4.74 Å². The molecule has 5 heteroatoms. The minimum absolute atomic E-state index is 0.00989. The van der Waals surface area contributed by atoms with Crippen LogP contribution in [0.1, 0.15) is 42.6 Å². The van der Waals surface area contributed by atoms with Crippen molar-refractivity contribution in [1.82, 2.24) is 9.88 Å². The van der Waals surface area contributed by atoms with E-state index in [1.807, 2.05) is 43.2 Å². The number of hydrogen-bond donors (Lipinski definition) is 0. The summed E-state index contributed by atoms with van der Waals surface area (Å²) in [7, 11) is 0. The highest BCUT2D eigenvalue weighted by atomic mass is 32.1. The van der Waals surface area contributed by atoms with E-state index < -0.39 is 0 Å². The summed E-state index contributed by atoms with van der Waals surface area (Å²) < 4.78 is 5.90. The number of amides is 1. The first kappa shape index (κ1) is 18.5. The van der Waals surface area contributed by atoms with Gasteiger partial charge in [0.1, 0.15) is 17.4 Å². The Morgan fingerprint density at radius 1 is 1.33 bits per heavy atom. The molecule has 0 saturated carbocycles. The Morgan fingerprint density at radius 2 is 2.08 bits per heavy atom. The molecule has 0 unspecified atom stereocenters. The van der Waals surface area contributed by atoms with Crippen molar-refractivity contribution in [3.8, 4) is 5.75 Å². The lowest BCUT2D eigenvalue weighted by atomic mass is 10.1. The van der Waals surface area contributed by atoms with Crippen LogP contribution in [0, 0.1) is 19.8 Å². The highest BCUT2D eigenvalue weighted by Crippen LogP contribution is 2.22. The molecule has 4 nitrogen and oxygen atoms in total. The fraction of sp³-hybridized carbons (Fsp3) is 0.474. The number of aromatic nitrogens is 1. The summed E-state index contributed by atoms with van der Waals surface area (Å²) in [5.74, 6) is 1.08. The quantitative estimate of drug-likeness (QED) is 0.749. The van der Waals surface area contributed by atoms with Gasteiger partial charge in [0, 0.05) is 17.8 Å². The van der Waals surface area contributed by atoms with E-state index in [9.17, 15) is 4.79 Å². The van der Waals surface area contributed by atoms with Gasteiger partial charge < -0.3 is 9.64 Å². The summed E-state index contributed by atoms with van der Waals surface area (Å²) >= 11 is 1.58. The standard InChI is InChI=1S/C19H26N2O2S/c1-6-21(19(22)13(2)3)10-16-12-24-18(20-16)11-23-17-9-7-8-14(4)15(17)5/h7-9,12-13H,6,10-11H2,1-5H3. The molecule has 1 heterocycles. The molecule has 0 radical (unpaired) electrons. The first-order valence-electron chi connectivity index (χ1n) is 8.33. The van der Waals surface area contributed by atoms with Crippen LogP contribution in [0.2, 0.25) is 0 Å². The highest BCUT2D eigenvalue weighted by Gasteiger charge is 2.17. The lowest BCUT2D eigenvalue weighted by Gasteiger charge is -2.21. The Kier molecular flexibility index (Phi) is 6.37. The van der Waals surface area contributed by atoms with E-state index in [0.717, 1.165) is 22.0 Å². The monoisotopic (exact) mass is 346 g/mol. The number of nitrogens with zero attached hydrogens (tertiary/aromatic N) is 2. The van der Waals surface area contributed by atoms with Crippen molar-refractivity contribution in [3.63, 3.8) is 0 Å². The number of carbonyl (C=O) groups is 1. The molecule has 2 aromatic rings. The molecular weight excluding hydrogens is 320 g/mol. The van der Waals surface area contributed by atoms with E-state index >= 15 is 0 Å². The Balaban J connectivity index is 1.98. The summed E-state index contributed by atoms with van der Waals surface area (Å²) in [6.07, 6.45) is 0. The predicted molar refractivity (Wildman–Crippen MR) is 98.3 cm³/mol. The first-order valence-corrected chi connectivity index (χ1v) is 9.21. The fourth-order valence-electron chi connectivity index (χ4n) is 2.41. The summed E-state index contributed by atoms with van der Waals surface area (Å²) in [4.78, 5) is 18.6. The molecule has 0 fully saturated rings. The number of carbonyl (C=O) groups excluding carboxylic acids is 1. The van der Waals surface area contributed by atoms with Gasteiger partial charge >= 0.3 is 0 Å². The molecule has 0 aliphatic heterocycles. The molecule has 1 aromatic heterocycles. The van der Waals surface area contributed by atoms with Crippen LogP contribution in [0.3, 0.4) is 0 Å². The summed E-state index contributed by atoms with van der Waals surface area (Å²) in [5, 5.41) is 2.94. The molecule has 0 atom stereocenters. The van der Waals surface area contributed by atoms with Crippen molar-refractivity contribution in [3.05, 3.63) is 45.4 Å². The molecule has 1 amide bonds. The van der Waals surface area contributed by atoms with E-state index in [1.54, 1.807) is 11.3 Å². The molecule has 0 aliphatic rings. The third-order valence-corrected chi connectivity index (χ3v) is 4.92. The van der Waals surface area contributed by atoms with Gasteiger partial charge in [-0.3, -0.25) is 4.79 Å². The molecule has 0 saturated heterocycles. The number of aryl methyl sites for hydroxylation is 1. The van der Waals surface area contributed by atoms with Crippen LogP contribution in [0.15, 0.2) is 23.6 Å². The van der Waals surface area contributed by atoms with Gasteiger partial charge in [-0.05, 0) is 38.0 Å². The summed E-state index contributed by atoms with van der Waals surface area (Å²) in [6.45, 7) is 11.7. The van der Waals surface area contributed by atoms with E-state index in [2.05, 4.69) is 24.9 Å². The van der Waals surface area contributed by atoms with Crippen molar-refractivity contribution < 1.29 is 9.53 Å². The molecule has 0 N–H and O–H groups in total. The van der Waals surface area contributed by atoms with Gasteiger partial charge in [-0.2, -0.15) is 0 Å². The molecule has 130 valence electrons. The van der Waals surface area contributed by atoms with Crippen LogP contribution in [-0.2, 0) is 17.9 Å². The number of rotatable bonds is 7. The van der Waals surface area contributed by atoms with E-state index in [-0.39, 0.29) is 11.8 Å². The molecule has 24 heavy (non-hydrogen) atoms. The first-order chi connectivity index (χ1) is 11.4. The Hall–Kier alpha value is -1.88. The zero-order chi connectivity index (χ0) is 17.7.